The Balaban J connectivity index is 1.76. The van der Waals surface area contributed by atoms with Crippen LogP contribution in [0.15, 0.2) is 36.4 Å². The summed E-state index contributed by atoms with van der Waals surface area (Å²) in [5.41, 5.74) is -0.00457. The number of hydrogen-bond donors (Lipinski definition) is 0. The highest BCUT2D eigenvalue weighted by Gasteiger charge is 2.15. The van der Waals surface area contributed by atoms with E-state index in [0.717, 1.165) is 25.3 Å². The maximum atomic E-state index is 13.6. The molecule has 0 bridgehead atoms. The standard InChI is InChI=1S/C24H27F3O4/c1-2-3-4-5-6-7-8-13-30-23(28)17-9-11-18(12-10-17)24(29)31-16-19-14-20(25)15-21(26)22(19)27/h9-12,14-15H,2-8,13,16H2,1H3. The van der Waals surface area contributed by atoms with Crippen molar-refractivity contribution in [2.75, 3.05) is 6.61 Å². The molecule has 0 aliphatic heterocycles. The fourth-order valence-electron chi connectivity index (χ4n) is 2.99. The summed E-state index contributed by atoms with van der Waals surface area (Å²) in [6, 6.07) is 6.75. The number of carbonyl (C=O) groups excluding carboxylic acids is 2. The molecule has 2 rings (SSSR count). The molecule has 0 N–H and O–H groups in total. The van der Waals surface area contributed by atoms with Crippen LogP contribution in [0.2, 0.25) is 0 Å². The van der Waals surface area contributed by atoms with Crippen molar-refractivity contribution in [1.29, 1.82) is 0 Å². The van der Waals surface area contributed by atoms with Crippen molar-refractivity contribution >= 4 is 11.9 Å². The summed E-state index contributed by atoms with van der Waals surface area (Å²) in [7, 11) is 0. The Kier molecular flexibility index (Phi) is 10.1. The average molecular weight is 436 g/mol. The van der Waals surface area contributed by atoms with Gasteiger partial charge in [0, 0.05) is 11.6 Å². The van der Waals surface area contributed by atoms with Gasteiger partial charge in [0.25, 0.3) is 0 Å². The molecule has 0 amide bonds. The quantitative estimate of drug-likeness (QED) is 0.220. The third-order valence-electron chi connectivity index (χ3n) is 4.76. The van der Waals surface area contributed by atoms with E-state index in [4.69, 9.17) is 9.47 Å². The molecule has 4 nitrogen and oxygen atoms in total. The van der Waals surface area contributed by atoms with Gasteiger partial charge in [-0.1, -0.05) is 45.4 Å². The van der Waals surface area contributed by atoms with Crippen molar-refractivity contribution in [3.8, 4) is 0 Å². The molecular weight excluding hydrogens is 409 g/mol. The van der Waals surface area contributed by atoms with Crippen LogP contribution < -0.4 is 0 Å². The highest BCUT2D eigenvalue weighted by Crippen LogP contribution is 2.16. The zero-order valence-electron chi connectivity index (χ0n) is 17.6. The number of esters is 2. The summed E-state index contributed by atoms with van der Waals surface area (Å²) in [6.45, 7) is 1.89. The van der Waals surface area contributed by atoms with Crippen LogP contribution in [0.5, 0.6) is 0 Å². The lowest BCUT2D eigenvalue weighted by molar-refractivity contribution is 0.0462. The topological polar surface area (TPSA) is 52.6 Å². The molecule has 2 aromatic rings. The van der Waals surface area contributed by atoms with E-state index in [2.05, 4.69) is 6.92 Å². The minimum Gasteiger partial charge on any atom is -0.462 e. The summed E-state index contributed by atoms with van der Waals surface area (Å²) in [4.78, 5) is 24.1. The lowest BCUT2D eigenvalue weighted by atomic mass is 10.1. The third-order valence-corrected chi connectivity index (χ3v) is 4.76. The molecule has 0 aromatic heterocycles. The maximum Gasteiger partial charge on any atom is 0.338 e. The highest BCUT2D eigenvalue weighted by molar-refractivity contribution is 5.93. The van der Waals surface area contributed by atoms with Crippen LogP contribution in [0.1, 0.15) is 78.1 Å². The van der Waals surface area contributed by atoms with Gasteiger partial charge < -0.3 is 9.47 Å². The molecule has 0 aliphatic carbocycles. The van der Waals surface area contributed by atoms with Gasteiger partial charge in [-0.3, -0.25) is 0 Å². The molecule has 0 atom stereocenters. The molecule has 168 valence electrons. The summed E-state index contributed by atoms with van der Waals surface area (Å²) in [6.07, 6.45) is 7.83. The molecule has 0 heterocycles. The molecular formula is C24H27F3O4. The Bertz CT molecular complexity index is 866. The predicted molar refractivity (Wildman–Crippen MR) is 110 cm³/mol. The van der Waals surface area contributed by atoms with Gasteiger partial charge in [-0.25, -0.2) is 22.8 Å². The predicted octanol–water partition coefficient (Wildman–Crippen LogP) is 6.37. The second kappa shape index (κ2) is 12.8. The van der Waals surface area contributed by atoms with Crippen molar-refractivity contribution < 1.29 is 32.2 Å². The summed E-state index contributed by atoms with van der Waals surface area (Å²) >= 11 is 0. The Morgan fingerprint density at radius 3 is 1.94 bits per heavy atom. The Labute approximate surface area is 180 Å². The van der Waals surface area contributed by atoms with Crippen molar-refractivity contribution in [3.05, 3.63) is 70.5 Å². The van der Waals surface area contributed by atoms with Gasteiger partial charge >= 0.3 is 11.9 Å². The first kappa shape index (κ1) is 24.4. The van der Waals surface area contributed by atoms with E-state index >= 15 is 0 Å². The SMILES string of the molecule is CCCCCCCCCOC(=O)c1ccc(C(=O)OCc2cc(F)cc(F)c2F)cc1. The summed E-state index contributed by atoms with van der Waals surface area (Å²) in [5, 5.41) is 0. The van der Waals surface area contributed by atoms with Gasteiger partial charge in [-0.2, -0.15) is 0 Å². The van der Waals surface area contributed by atoms with E-state index in [-0.39, 0.29) is 11.1 Å². The Hall–Kier alpha value is -2.83. The number of carbonyl (C=O) groups is 2. The van der Waals surface area contributed by atoms with Gasteiger partial charge in [0.05, 0.1) is 17.7 Å². The van der Waals surface area contributed by atoms with E-state index in [0.29, 0.717) is 12.7 Å². The fourth-order valence-corrected chi connectivity index (χ4v) is 2.99. The van der Waals surface area contributed by atoms with E-state index < -0.39 is 41.6 Å². The summed E-state index contributed by atoms with van der Waals surface area (Å²) in [5.74, 6) is -4.89. The molecule has 31 heavy (non-hydrogen) atoms. The van der Waals surface area contributed by atoms with Gasteiger partial charge in [0.15, 0.2) is 11.6 Å². The molecule has 7 heteroatoms. The molecule has 0 saturated carbocycles. The third kappa shape index (κ3) is 8.07. The minimum atomic E-state index is -1.36. The average Bonchev–Trinajstić information content (AvgIpc) is 2.76. The van der Waals surface area contributed by atoms with Gasteiger partial charge in [-0.15, -0.1) is 0 Å². The normalized spacial score (nSPS) is 10.7. The zero-order valence-corrected chi connectivity index (χ0v) is 17.6. The van der Waals surface area contributed by atoms with Crippen molar-refractivity contribution in [1.82, 2.24) is 0 Å². The molecule has 2 aromatic carbocycles. The first-order valence-electron chi connectivity index (χ1n) is 10.5. The lowest BCUT2D eigenvalue weighted by Crippen LogP contribution is -2.09. The van der Waals surface area contributed by atoms with Crippen molar-refractivity contribution in [2.45, 2.75) is 58.5 Å². The largest absolute Gasteiger partial charge is 0.462 e. The Morgan fingerprint density at radius 2 is 1.32 bits per heavy atom. The maximum absolute atomic E-state index is 13.6. The monoisotopic (exact) mass is 436 g/mol. The highest BCUT2D eigenvalue weighted by atomic mass is 19.2. The number of rotatable bonds is 12. The molecule has 0 spiro atoms. The number of halogens is 3. The van der Waals surface area contributed by atoms with Crippen molar-refractivity contribution in [2.24, 2.45) is 0 Å². The van der Waals surface area contributed by atoms with Crippen molar-refractivity contribution in [3.63, 3.8) is 0 Å². The van der Waals surface area contributed by atoms with Crippen LogP contribution in [0.4, 0.5) is 13.2 Å². The number of hydrogen-bond acceptors (Lipinski definition) is 4. The van der Waals surface area contributed by atoms with E-state index in [1.54, 1.807) is 0 Å². The zero-order chi connectivity index (χ0) is 22.6. The van der Waals surface area contributed by atoms with Crippen LogP contribution >= 0.6 is 0 Å². The number of benzene rings is 2. The number of ether oxygens (including phenoxy) is 2. The second-order valence-electron chi connectivity index (χ2n) is 7.27. The minimum absolute atomic E-state index is 0.112. The van der Waals surface area contributed by atoms with Crippen LogP contribution in [0.3, 0.4) is 0 Å². The van der Waals surface area contributed by atoms with E-state index in [9.17, 15) is 22.8 Å². The molecule has 0 radical (unpaired) electrons. The Morgan fingerprint density at radius 1 is 0.774 bits per heavy atom. The second-order valence-corrected chi connectivity index (χ2v) is 7.27. The van der Waals surface area contributed by atoms with Gasteiger partial charge in [-0.05, 0) is 36.8 Å². The first-order valence-corrected chi connectivity index (χ1v) is 10.5. The van der Waals surface area contributed by atoms with Crippen LogP contribution in [-0.2, 0) is 16.1 Å². The first-order chi connectivity index (χ1) is 14.9. The smallest absolute Gasteiger partial charge is 0.338 e. The molecule has 0 unspecified atom stereocenters. The van der Waals surface area contributed by atoms with Crippen LogP contribution in [0, 0.1) is 17.5 Å². The van der Waals surface area contributed by atoms with Crippen LogP contribution in [0.25, 0.3) is 0 Å². The van der Waals surface area contributed by atoms with Gasteiger partial charge in [0.2, 0.25) is 0 Å². The molecule has 0 saturated heterocycles. The lowest BCUT2D eigenvalue weighted by Gasteiger charge is -2.08. The number of unbranched alkanes of at least 4 members (excludes halogenated alkanes) is 6. The fraction of sp³-hybridized carbons (Fsp3) is 0.417. The van der Waals surface area contributed by atoms with Gasteiger partial charge in [0.1, 0.15) is 12.4 Å². The molecule has 0 aliphatic rings. The van der Waals surface area contributed by atoms with Crippen LogP contribution in [-0.4, -0.2) is 18.5 Å². The summed E-state index contributed by atoms with van der Waals surface area (Å²) < 4.78 is 50.1. The molecule has 0 fully saturated rings. The van der Waals surface area contributed by atoms with E-state index in [1.807, 2.05) is 0 Å². The van der Waals surface area contributed by atoms with E-state index in [1.165, 1.54) is 49.9 Å².